The number of aryl methyl sites for hydroxylation is 1. The number of pyridine rings is 1. The Bertz CT molecular complexity index is 940. The third kappa shape index (κ3) is 2.66. The monoisotopic (exact) mass is 300 g/mol. The predicted molar refractivity (Wildman–Crippen MR) is 92.9 cm³/mol. The molecule has 112 valence electrons. The van der Waals surface area contributed by atoms with Gasteiger partial charge in [0.1, 0.15) is 0 Å². The maximum Gasteiger partial charge on any atom is 0.247 e. The van der Waals surface area contributed by atoms with E-state index >= 15 is 0 Å². The van der Waals surface area contributed by atoms with E-state index in [1.807, 2.05) is 47.0 Å². The molecule has 0 spiro atoms. The number of para-hydroxylation sites is 1. The van der Waals surface area contributed by atoms with Gasteiger partial charge in [-0.25, -0.2) is 4.52 Å². The van der Waals surface area contributed by atoms with E-state index in [1.165, 1.54) is 5.56 Å². The van der Waals surface area contributed by atoms with Gasteiger partial charge in [-0.2, -0.15) is 4.98 Å². The van der Waals surface area contributed by atoms with Gasteiger partial charge in [-0.1, -0.05) is 54.1 Å². The molecule has 4 aromatic rings. The van der Waals surface area contributed by atoms with Crippen LogP contribution in [0.15, 0.2) is 72.8 Å². The van der Waals surface area contributed by atoms with Crippen LogP contribution in [-0.2, 0) is 0 Å². The van der Waals surface area contributed by atoms with Gasteiger partial charge in [-0.05, 0) is 31.2 Å². The van der Waals surface area contributed by atoms with Crippen molar-refractivity contribution in [3.63, 3.8) is 0 Å². The van der Waals surface area contributed by atoms with Crippen LogP contribution in [0.25, 0.3) is 16.9 Å². The summed E-state index contributed by atoms with van der Waals surface area (Å²) >= 11 is 0. The number of benzene rings is 2. The molecule has 0 fully saturated rings. The Morgan fingerprint density at radius 3 is 2.39 bits per heavy atom. The maximum absolute atomic E-state index is 4.60. The molecule has 0 aliphatic rings. The lowest BCUT2D eigenvalue weighted by molar-refractivity contribution is 0.973. The van der Waals surface area contributed by atoms with Crippen molar-refractivity contribution < 1.29 is 0 Å². The van der Waals surface area contributed by atoms with E-state index in [0.717, 1.165) is 22.6 Å². The van der Waals surface area contributed by atoms with Crippen LogP contribution in [0, 0.1) is 6.92 Å². The minimum absolute atomic E-state index is 0.593. The molecule has 0 atom stereocenters. The molecule has 0 bridgehead atoms. The lowest BCUT2D eigenvalue weighted by Crippen LogP contribution is -1.95. The zero-order valence-electron chi connectivity index (χ0n) is 12.8. The first-order valence-corrected chi connectivity index (χ1v) is 7.54. The van der Waals surface area contributed by atoms with Gasteiger partial charge >= 0.3 is 0 Å². The lowest BCUT2D eigenvalue weighted by atomic mass is 10.1. The van der Waals surface area contributed by atoms with Crippen molar-refractivity contribution in [1.29, 1.82) is 0 Å². The Balaban J connectivity index is 1.77. The second-order valence-electron chi connectivity index (χ2n) is 5.47. The molecule has 23 heavy (non-hydrogen) atoms. The first-order valence-electron chi connectivity index (χ1n) is 7.54. The van der Waals surface area contributed by atoms with Gasteiger partial charge in [0.05, 0.1) is 5.69 Å². The third-order valence-corrected chi connectivity index (χ3v) is 3.74. The highest BCUT2D eigenvalue weighted by molar-refractivity contribution is 5.65. The van der Waals surface area contributed by atoms with Crippen molar-refractivity contribution in [2.45, 2.75) is 6.92 Å². The fourth-order valence-corrected chi connectivity index (χ4v) is 2.55. The van der Waals surface area contributed by atoms with E-state index in [0.29, 0.717) is 5.95 Å². The van der Waals surface area contributed by atoms with Crippen LogP contribution in [0.1, 0.15) is 5.56 Å². The van der Waals surface area contributed by atoms with Gasteiger partial charge in [0, 0.05) is 11.3 Å². The summed E-state index contributed by atoms with van der Waals surface area (Å²) in [5, 5.41) is 7.84. The summed E-state index contributed by atoms with van der Waals surface area (Å²) in [6, 6.07) is 24.4. The second-order valence-corrected chi connectivity index (χ2v) is 5.47. The summed E-state index contributed by atoms with van der Waals surface area (Å²) in [6.45, 7) is 2.09. The minimum atomic E-state index is 0.593. The Morgan fingerprint density at radius 1 is 0.826 bits per heavy atom. The normalized spacial score (nSPS) is 10.8. The van der Waals surface area contributed by atoms with E-state index in [2.05, 4.69) is 52.7 Å². The van der Waals surface area contributed by atoms with E-state index < -0.39 is 0 Å². The number of anilines is 2. The molecule has 2 aromatic carbocycles. The fraction of sp³-hybridized carbons (Fsp3) is 0.0526. The van der Waals surface area contributed by atoms with Crippen molar-refractivity contribution in [3.8, 4) is 11.3 Å². The predicted octanol–water partition coefficient (Wildman–Crippen LogP) is 4.45. The fourth-order valence-electron chi connectivity index (χ4n) is 2.55. The van der Waals surface area contributed by atoms with Crippen molar-refractivity contribution in [1.82, 2.24) is 14.6 Å². The van der Waals surface area contributed by atoms with Crippen LogP contribution in [-0.4, -0.2) is 14.6 Å². The Morgan fingerprint density at radius 2 is 1.61 bits per heavy atom. The first-order chi connectivity index (χ1) is 11.3. The standard InChI is InChI=1S/C19H16N4/c1-14-10-12-15(13-11-14)17-8-5-9-18-21-19(22-23(17)18)20-16-6-3-2-4-7-16/h2-13H,1H3,(H,20,22). The highest BCUT2D eigenvalue weighted by Crippen LogP contribution is 2.22. The summed E-state index contributed by atoms with van der Waals surface area (Å²) in [5.41, 5.74) is 5.18. The molecular formula is C19H16N4. The number of nitrogens with one attached hydrogen (secondary N) is 1. The molecular weight excluding hydrogens is 284 g/mol. The van der Waals surface area contributed by atoms with Crippen LogP contribution in [0.4, 0.5) is 11.6 Å². The molecule has 0 saturated carbocycles. The lowest BCUT2D eigenvalue weighted by Gasteiger charge is -2.04. The largest absolute Gasteiger partial charge is 0.323 e. The van der Waals surface area contributed by atoms with Crippen molar-refractivity contribution in [2.24, 2.45) is 0 Å². The van der Waals surface area contributed by atoms with Crippen LogP contribution < -0.4 is 5.32 Å². The van der Waals surface area contributed by atoms with Gasteiger partial charge in [0.25, 0.3) is 0 Å². The third-order valence-electron chi connectivity index (χ3n) is 3.74. The van der Waals surface area contributed by atoms with Crippen LogP contribution in [0.2, 0.25) is 0 Å². The van der Waals surface area contributed by atoms with Gasteiger partial charge in [-0.15, -0.1) is 5.10 Å². The average Bonchev–Trinajstić information content (AvgIpc) is 2.99. The smallest absolute Gasteiger partial charge is 0.247 e. The van der Waals surface area contributed by atoms with Crippen molar-refractivity contribution in [2.75, 3.05) is 5.32 Å². The SMILES string of the molecule is Cc1ccc(-c2cccc3nc(Nc4ccccc4)nn23)cc1. The van der Waals surface area contributed by atoms with E-state index in [-0.39, 0.29) is 0 Å². The minimum Gasteiger partial charge on any atom is -0.323 e. The van der Waals surface area contributed by atoms with Crippen LogP contribution in [0.5, 0.6) is 0 Å². The molecule has 2 heterocycles. The molecule has 0 radical (unpaired) electrons. The second kappa shape index (κ2) is 5.57. The van der Waals surface area contributed by atoms with E-state index in [4.69, 9.17) is 0 Å². The highest BCUT2D eigenvalue weighted by atomic mass is 15.4. The molecule has 4 rings (SSSR count). The molecule has 4 heteroatoms. The number of hydrogen-bond acceptors (Lipinski definition) is 3. The number of fused-ring (bicyclic) bond motifs is 1. The zero-order chi connectivity index (χ0) is 15.6. The molecule has 0 unspecified atom stereocenters. The van der Waals surface area contributed by atoms with E-state index in [1.54, 1.807) is 0 Å². The van der Waals surface area contributed by atoms with Gasteiger partial charge in [-0.3, -0.25) is 0 Å². The number of hydrogen-bond donors (Lipinski definition) is 1. The summed E-state index contributed by atoms with van der Waals surface area (Å²) in [5.74, 6) is 0.593. The Kier molecular flexibility index (Phi) is 3.27. The quantitative estimate of drug-likeness (QED) is 0.608. The van der Waals surface area contributed by atoms with Crippen LogP contribution >= 0.6 is 0 Å². The average molecular weight is 300 g/mol. The summed E-state index contributed by atoms with van der Waals surface area (Å²) in [4.78, 5) is 4.55. The Labute approximate surface area is 134 Å². The first kappa shape index (κ1) is 13.5. The summed E-state index contributed by atoms with van der Waals surface area (Å²) < 4.78 is 1.87. The topological polar surface area (TPSA) is 42.2 Å². The summed E-state index contributed by atoms with van der Waals surface area (Å²) in [6.07, 6.45) is 0. The van der Waals surface area contributed by atoms with Gasteiger partial charge < -0.3 is 5.32 Å². The van der Waals surface area contributed by atoms with Crippen LogP contribution in [0.3, 0.4) is 0 Å². The summed E-state index contributed by atoms with van der Waals surface area (Å²) in [7, 11) is 0. The van der Waals surface area contributed by atoms with Crippen molar-refractivity contribution >= 4 is 17.3 Å². The van der Waals surface area contributed by atoms with Gasteiger partial charge in [0.2, 0.25) is 5.95 Å². The number of aromatic nitrogens is 3. The molecule has 2 aromatic heterocycles. The number of nitrogens with zero attached hydrogens (tertiary/aromatic N) is 3. The molecule has 0 aliphatic carbocycles. The van der Waals surface area contributed by atoms with E-state index in [9.17, 15) is 0 Å². The zero-order valence-corrected chi connectivity index (χ0v) is 12.8. The molecule has 1 N–H and O–H groups in total. The molecule has 0 aliphatic heterocycles. The maximum atomic E-state index is 4.60. The Hall–Kier alpha value is -3.14. The molecule has 4 nitrogen and oxygen atoms in total. The molecule has 0 saturated heterocycles. The van der Waals surface area contributed by atoms with Crippen molar-refractivity contribution in [3.05, 3.63) is 78.4 Å². The molecule has 0 amide bonds. The van der Waals surface area contributed by atoms with Gasteiger partial charge in [0.15, 0.2) is 5.65 Å². The highest BCUT2D eigenvalue weighted by Gasteiger charge is 2.08. The number of rotatable bonds is 3.